The Morgan fingerprint density at radius 3 is 2.79 bits per heavy atom. The SMILES string of the molecule is N[C@H]1[C@@H](O)[C@H](n2cnc3c(NC4CCCC4)ncnc32)O[C@@H]1CO. The van der Waals surface area contributed by atoms with E-state index in [4.69, 9.17) is 10.5 Å². The number of hydrogen-bond donors (Lipinski definition) is 4. The predicted octanol–water partition coefficient (Wildman–Crippen LogP) is -0.241. The van der Waals surface area contributed by atoms with Crippen LogP contribution in [0.15, 0.2) is 12.7 Å². The van der Waals surface area contributed by atoms with Crippen molar-refractivity contribution in [2.45, 2.75) is 56.2 Å². The Bertz CT molecular complexity index is 716. The molecule has 2 aromatic rings. The van der Waals surface area contributed by atoms with Crippen LogP contribution < -0.4 is 11.1 Å². The maximum absolute atomic E-state index is 10.3. The lowest BCUT2D eigenvalue weighted by Gasteiger charge is -2.17. The van der Waals surface area contributed by atoms with Crippen molar-refractivity contribution < 1.29 is 14.9 Å². The van der Waals surface area contributed by atoms with Gasteiger partial charge in [-0.1, -0.05) is 12.8 Å². The highest BCUT2D eigenvalue weighted by Crippen LogP contribution is 2.32. The van der Waals surface area contributed by atoms with Crippen LogP contribution in [0.5, 0.6) is 0 Å². The standard InChI is InChI=1S/C15H22N6O3/c16-10-9(5-22)24-15(12(10)23)21-7-19-11-13(17-6-18-14(11)21)20-8-3-1-2-4-8/h6-10,12,15,22-23H,1-5,16H2,(H,17,18,20)/t9-,10-,12-,15-/m1/s1. The molecule has 1 aliphatic heterocycles. The molecule has 130 valence electrons. The van der Waals surface area contributed by atoms with Gasteiger partial charge in [0.1, 0.15) is 18.5 Å². The average Bonchev–Trinajstić information content (AvgIpc) is 3.30. The van der Waals surface area contributed by atoms with Crippen LogP contribution >= 0.6 is 0 Å². The lowest BCUT2D eigenvalue weighted by Crippen LogP contribution is -2.41. The van der Waals surface area contributed by atoms with Gasteiger partial charge in [-0.2, -0.15) is 0 Å². The van der Waals surface area contributed by atoms with E-state index in [0.29, 0.717) is 23.0 Å². The van der Waals surface area contributed by atoms with Gasteiger partial charge in [0.05, 0.1) is 19.0 Å². The summed E-state index contributed by atoms with van der Waals surface area (Å²) >= 11 is 0. The normalized spacial score (nSPS) is 31.1. The van der Waals surface area contributed by atoms with Crippen LogP contribution in [-0.2, 0) is 4.74 Å². The molecule has 0 spiro atoms. The monoisotopic (exact) mass is 334 g/mol. The van der Waals surface area contributed by atoms with Crippen molar-refractivity contribution in [1.82, 2.24) is 19.5 Å². The minimum atomic E-state index is -0.944. The topological polar surface area (TPSA) is 131 Å². The van der Waals surface area contributed by atoms with Crippen molar-refractivity contribution in [3.05, 3.63) is 12.7 Å². The summed E-state index contributed by atoms with van der Waals surface area (Å²) in [6.07, 6.45) is 5.47. The number of imidazole rings is 1. The summed E-state index contributed by atoms with van der Waals surface area (Å²) in [4.78, 5) is 13.0. The third kappa shape index (κ3) is 2.53. The first-order chi connectivity index (χ1) is 11.7. The largest absolute Gasteiger partial charge is 0.394 e. The van der Waals surface area contributed by atoms with Gasteiger partial charge in [0.25, 0.3) is 0 Å². The Hall–Kier alpha value is -1.81. The number of nitrogens with zero attached hydrogens (tertiary/aromatic N) is 4. The molecular formula is C15H22N6O3. The van der Waals surface area contributed by atoms with E-state index in [9.17, 15) is 10.2 Å². The van der Waals surface area contributed by atoms with Crippen LogP contribution in [0.3, 0.4) is 0 Å². The third-order valence-corrected chi connectivity index (χ3v) is 4.94. The molecule has 2 aromatic heterocycles. The first kappa shape index (κ1) is 15.7. The second-order valence-electron chi connectivity index (χ2n) is 6.49. The minimum Gasteiger partial charge on any atom is -0.394 e. The summed E-state index contributed by atoms with van der Waals surface area (Å²) in [5, 5.41) is 23.1. The number of rotatable bonds is 4. The summed E-state index contributed by atoms with van der Waals surface area (Å²) < 4.78 is 7.33. The zero-order valence-electron chi connectivity index (χ0n) is 13.2. The lowest BCUT2D eigenvalue weighted by molar-refractivity contribution is -0.0488. The lowest BCUT2D eigenvalue weighted by atomic mass is 10.1. The van der Waals surface area contributed by atoms with Crippen LogP contribution in [0.25, 0.3) is 11.2 Å². The summed E-state index contributed by atoms with van der Waals surface area (Å²) in [7, 11) is 0. The molecule has 0 unspecified atom stereocenters. The Morgan fingerprint density at radius 1 is 1.29 bits per heavy atom. The summed E-state index contributed by atoms with van der Waals surface area (Å²) in [5.74, 6) is 0.696. The molecule has 4 atom stereocenters. The van der Waals surface area contributed by atoms with E-state index in [2.05, 4.69) is 20.3 Å². The van der Waals surface area contributed by atoms with E-state index >= 15 is 0 Å². The van der Waals surface area contributed by atoms with Crippen LogP contribution in [0.4, 0.5) is 5.82 Å². The second kappa shape index (κ2) is 6.25. The molecule has 2 aliphatic rings. The number of nitrogens with one attached hydrogen (secondary N) is 1. The number of fused-ring (bicyclic) bond motifs is 1. The summed E-state index contributed by atoms with van der Waals surface area (Å²) in [6.45, 7) is -0.245. The molecule has 0 amide bonds. The fourth-order valence-electron chi connectivity index (χ4n) is 3.56. The fraction of sp³-hybridized carbons (Fsp3) is 0.667. The predicted molar refractivity (Wildman–Crippen MR) is 86.2 cm³/mol. The van der Waals surface area contributed by atoms with Gasteiger partial charge in [0, 0.05) is 6.04 Å². The molecule has 2 fully saturated rings. The van der Waals surface area contributed by atoms with E-state index in [1.54, 1.807) is 10.9 Å². The molecule has 1 saturated carbocycles. The molecule has 0 aromatic carbocycles. The van der Waals surface area contributed by atoms with Crippen molar-refractivity contribution in [1.29, 1.82) is 0 Å². The Labute approximate surface area is 138 Å². The van der Waals surface area contributed by atoms with E-state index in [-0.39, 0.29) is 6.61 Å². The van der Waals surface area contributed by atoms with Crippen molar-refractivity contribution in [3.63, 3.8) is 0 Å². The zero-order valence-corrected chi connectivity index (χ0v) is 13.2. The number of aromatic nitrogens is 4. The maximum Gasteiger partial charge on any atom is 0.167 e. The zero-order chi connectivity index (χ0) is 16.7. The highest BCUT2D eigenvalue weighted by molar-refractivity contribution is 5.82. The molecule has 1 aliphatic carbocycles. The van der Waals surface area contributed by atoms with Gasteiger partial charge >= 0.3 is 0 Å². The highest BCUT2D eigenvalue weighted by atomic mass is 16.5. The molecule has 4 rings (SSSR count). The van der Waals surface area contributed by atoms with E-state index in [1.807, 2.05) is 0 Å². The molecule has 0 radical (unpaired) electrons. The minimum absolute atomic E-state index is 0.245. The molecule has 9 nitrogen and oxygen atoms in total. The average molecular weight is 334 g/mol. The van der Waals surface area contributed by atoms with Crippen LogP contribution in [0.2, 0.25) is 0 Å². The Balaban J connectivity index is 1.65. The first-order valence-corrected chi connectivity index (χ1v) is 8.33. The quantitative estimate of drug-likeness (QED) is 0.602. The Morgan fingerprint density at radius 2 is 2.08 bits per heavy atom. The van der Waals surface area contributed by atoms with E-state index in [0.717, 1.165) is 12.8 Å². The number of hydrogen-bond acceptors (Lipinski definition) is 8. The van der Waals surface area contributed by atoms with Crippen molar-refractivity contribution in [2.24, 2.45) is 5.73 Å². The van der Waals surface area contributed by atoms with E-state index in [1.165, 1.54) is 19.2 Å². The van der Waals surface area contributed by atoms with Gasteiger partial charge in [-0.25, -0.2) is 15.0 Å². The highest BCUT2D eigenvalue weighted by Gasteiger charge is 2.42. The van der Waals surface area contributed by atoms with Crippen molar-refractivity contribution >= 4 is 17.0 Å². The van der Waals surface area contributed by atoms with Crippen LogP contribution in [0.1, 0.15) is 31.9 Å². The second-order valence-corrected chi connectivity index (χ2v) is 6.49. The van der Waals surface area contributed by atoms with Crippen molar-refractivity contribution in [3.8, 4) is 0 Å². The smallest absolute Gasteiger partial charge is 0.167 e. The van der Waals surface area contributed by atoms with Gasteiger partial charge in [0.15, 0.2) is 23.2 Å². The molecular weight excluding hydrogens is 312 g/mol. The van der Waals surface area contributed by atoms with Gasteiger partial charge in [-0.3, -0.25) is 4.57 Å². The third-order valence-electron chi connectivity index (χ3n) is 4.94. The number of ether oxygens (including phenoxy) is 1. The maximum atomic E-state index is 10.3. The molecule has 3 heterocycles. The summed E-state index contributed by atoms with van der Waals surface area (Å²) in [6, 6.07) is -0.246. The molecule has 5 N–H and O–H groups in total. The summed E-state index contributed by atoms with van der Waals surface area (Å²) in [5.41, 5.74) is 7.11. The number of aliphatic hydroxyl groups is 2. The first-order valence-electron chi connectivity index (χ1n) is 8.33. The number of aliphatic hydroxyl groups excluding tert-OH is 2. The van der Waals surface area contributed by atoms with Gasteiger partial charge < -0.3 is 26.0 Å². The van der Waals surface area contributed by atoms with Crippen molar-refractivity contribution in [2.75, 3.05) is 11.9 Å². The molecule has 24 heavy (non-hydrogen) atoms. The Kier molecular flexibility index (Phi) is 4.09. The number of anilines is 1. The fourth-order valence-corrected chi connectivity index (χ4v) is 3.56. The molecule has 9 heteroatoms. The molecule has 1 saturated heterocycles. The van der Waals surface area contributed by atoms with Gasteiger partial charge in [0.2, 0.25) is 0 Å². The van der Waals surface area contributed by atoms with Gasteiger partial charge in [-0.15, -0.1) is 0 Å². The van der Waals surface area contributed by atoms with Gasteiger partial charge in [-0.05, 0) is 12.8 Å². The van der Waals surface area contributed by atoms with Crippen LogP contribution in [0, 0.1) is 0 Å². The number of nitrogens with two attached hydrogens (primary N) is 1. The molecule has 0 bridgehead atoms. The van der Waals surface area contributed by atoms with E-state index < -0.39 is 24.5 Å². The van der Waals surface area contributed by atoms with Crippen LogP contribution in [-0.4, -0.2) is 60.6 Å².